The van der Waals surface area contributed by atoms with E-state index in [0.717, 1.165) is 41.6 Å². The SMILES string of the molecule is O=C1CCCCc2[nH]c3ncccc3c21. The molecule has 0 saturated heterocycles. The minimum atomic E-state index is 0.266. The van der Waals surface area contributed by atoms with Crippen molar-refractivity contribution in [2.75, 3.05) is 0 Å². The number of hydrogen-bond donors (Lipinski definition) is 1. The molecule has 76 valence electrons. The molecule has 3 rings (SSSR count). The second-order valence-electron chi connectivity index (χ2n) is 4.01. The number of aromatic nitrogens is 2. The number of Topliss-reactive ketones (excluding diaryl/α,β-unsaturated/α-hetero) is 1. The van der Waals surface area contributed by atoms with Gasteiger partial charge in [0.1, 0.15) is 5.65 Å². The zero-order valence-electron chi connectivity index (χ0n) is 8.42. The van der Waals surface area contributed by atoms with Gasteiger partial charge in [0, 0.05) is 29.3 Å². The fourth-order valence-corrected chi connectivity index (χ4v) is 2.29. The molecule has 2 aromatic heterocycles. The zero-order chi connectivity index (χ0) is 10.3. The minimum Gasteiger partial charge on any atom is -0.343 e. The average Bonchev–Trinajstić information content (AvgIpc) is 2.53. The van der Waals surface area contributed by atoms with E-state index in [4.69, 9.17) is 0 Å². The number of aryl methyl sites for hydroxylation is 1. The predicted molar refractivity (Wildman–Crippen MR) is 58.0 cm³/mol. The van der Waals surface area contributed by atoms with E-state index in [9.17, 15) is 4.79 Å². The maximum Gasteiger partial charge on any atom is 0.165 e. The molecule has 2 aromatic rings. The van der Waals surface area contributed by atoms with Crippen molar-refractivity contribution in [2.45, 2.75) is 25.7 Å². The summed E-state index contributed by atoms with van der Waals surface area (Å²) >= 11 is 0. The largest absolute Gasteiger partial charge is 0.343 e. The van der Waals surface area contributed by atoms with Gasteiger partial charge in [0.15, 0.2) is 5.78 Å². The normalized spacial score (nSPS) is 16.4. The summed E-state index contributed by atoms with van der Waals surface area (Å²) in [6, 6.07) is 3.86. The van der Waals surface area contributed by atoms with Gasteiger partial charge < -0.3 is 4.98 Å². The number of H-pyrrole nitrogens is 1. The average molecular weight is 200 g/mol. The Balaban J connectivity index is 2.32. The van der Waals surface area contributed by atoms with Crippen molar-refractivity contribution < 1.29 is 4.79 Å². The molecule has 0 amide bonds. The molecule has 3 heteroatoms. The molecule has 3 nitrogen and oxygen atoms in total. The summed E-state index contributed by atoms with van der Waals surface area (Å²) in [5.41, 5.74) is 2.81. The van der Waals surface area contributed by atoms with Gasteiger partial charge in [0.05, 0.1) is 0 Å². The van der Waals surface area contributed by atoms with Crippen LogP contribution in [0.25, 0.3) is 11.0 Å². The number of nitrogens with one attached hydrogen (secondary N) is 1. The van der Waals surface area contributed by atoms with Crippen molar-refractivity contribution in [1.29, 1.82) is 0 Å². The van der Waals surface area contributed by atoms with Crippen LogP contribution in [-0.2, 0) is 6.42 Å². The fourth-order valence-electron chi connectivity index (χ4n) is 2.29. The second kappa shape index (κ2) is 3.19. The molecule has 0 bridgehead atoms. The van der Waals surface area contributed by atoms with Crippen molar-refractivity contribution in [1.82, 2.24) is 9.97 Å². The smallest absolute Gasteiger partial charge is 0.165 e. The van der Waals surface area contributed by atoms with Gasteiger partial charge in [-0.25, -0.2) is 4.98 Å². The van der Waals surface area contributed by atoms with Gasteiger partial charge >= 0.3 is 0 Å². The third-order valence-corrected chi connectivity index (χ3v) is 3.01. The summed E-state index contributed by atoms with van der Waals surface area (Å²) in [5.74, 6) is 0.266. The molecule has 1 aliphatic carbocycles. The van der Waals surface area contributed by atoms with Crippen LogP contribution in [0.4, 0.5) is 0 Å². The summed E-state index contributed by atoms with van der Waals surface area (Å²) in [5, 5.41) is 0.986. The van der Waals surface area contributed by atoms with Gasteiger partial charge in [-0.15, -0.1) is 0 Å². The van der Waals surface area contributed by atoms with Crippen LogP contribution in [-0.4, -0.2) is 15.8 Å². The Kier molecular flexibility index (Phi) is 1.84. The lowest BCUT2D eigenvalue weighted by Gasteiger charge is -1.95. The number of fused-ring (bicyclic) bond motifs is 3. The molecular formula is C12H12N2O. The monoisotopic (exact) mass is 200 g/mol. The van der Waals surface area contributed by atoms with Crippen molar-refractivity contribution in [2.24, 2.45) is 0 Å². The van der Waals surface area contributed by atoms with Crippen LogP contribution in [0.1, 0.15) is 35.3 Å². The molecular weight excluding hydrogens is 188 g/mol. The highest BCUT2D eigenvalue weighted by Crippen LogP contribution is 2.26. The molecule has 2 heterocycles. The molecule has 0 unspecified atom stereocenters. The Bertz CT molecular complexity index is 527. The Morgan fingerprint density at radius 3 is 3.07 bits per heavy atom. The number of carbonyl (C=O) groups excluding carboxylic acids is 1. The summed E-state index contributed by atoms with van der Waals surface area (Å²) in [6.07, 6.45) is 5.49. The zero-order valence-corrected chi connectivity index (χ0v) is 8.42. The molecule has 0 aliphatic heterocycles. The molecule has 0 atom stereocenters. The number of ketones is 1. The lowest BCUT2D eigenvalue weighted by molar-refractivity contribution is 0.0983. The van der Waals surface area contributed by atoms with Crippen LogP contribution >= 0.6 is 0 Å². The number of nitrogens with zero attached hydrogens (tertiary/aromatic N) is 1. The first kappa shape index (κ1) is 8.65. The van der Waals surface area contributed by atoms with Gasteiger partial charge in [-0.3, -0.25) is 4.79 Å². The Morgan fingerprint density at radius 1 is 1.27 bits per heavy atom. The molecule has 0 aromatic carbocycles. The number of hydrogen-bond acceptors (Lipinski definition) is 2. The number of rotatable bonds is 0. The Morgan fingerprint density at radius 2 is 2.13 bits per heavy atom. The van der Waals surface area contributed by atoms with Gasteiger partial charge in [-0.1, -0.05) is 0 Å². The van der Waals surface area contributed by atoms with E-state index < -0.39 is 0 Å². The second-order valence-corrected chi connectivity index (χ2v) is 4.01. The summed E-state index contributed by atoms with van der Waals surface area (Å²) in [6.45, 7) is 0. The quantitative estimate of drug-likeness (QED) is 0.664. The van der Waals surface area contributed by atoms with Crippen molar-refractivity contribution in [3.63, 3.8) is 0 Å². The molecule has 1 aliphatic rings. The lowest BCUT2D eigenvalue weighted by Crippen LogP contribution is -1.97. The van der Waals surface area contributed by atoms with E-state index in [2.05, 4.69) is 9.97 Å². The highest BCUT2D eigenvalue weighted by atomic mass is 16.1. The fraction of sp³-hybridized carbons (Fsp3) is 0.333. The van der Waals surface area contributed by atoms with E-state index in [1.807, 2.05) is 12.1 Å². The van der Waals surface area contributed by atoms with Crippen LogP contribution in [0.5, 0.6) is 0 Å². The molecule has 0 fully saturated rings. The highest BCUT2D eigenvalue weighted by Gasteiger charge is 2.20. The number of carbonyl (C=O) groups is 1. The first-order chi connectivity index (χ1) is 7.36. The van der Waals surface area contributed by atoms with E-state index in [-0.39, 0.29) is 5.78 Å². The molecule has 0 radical (unpaired) electrons. The van der Waals surface area contributed by atoms with E-state index in [0.29, 0.717) is 6.42 Å². The molecule has 1 N–H and O–H groups in total. The van der Waals surface area contributed by atoms with Crippen LogP contribution < -0.4 is 0 Å². The number of aromatic amines is 1. The van der Waals surface area contributed by atoms with Crippen LogP contribution in [0.2, 0.25) is 0 Å². The van der Waals surface area contributed by atoms with Crippen LogP contribution in [0.15, 0.2) is 18.3 Å². The first-order valence-electron chi connectivity index (χ1n) is 5.35. The standard InChI is InChI=1S/C12H12N2O/c15-10-6-2-1-5-9-11(10)8-4-3-7-13-12(8)14-9/h3-4,7H,1-2,5-6H2,(H,13,14). The van der Waals surface area contributed by atoms with Crippen LogP contribution in [0.3, 0.4) is 0 Å². The Labute approximate surface area is 87.5 Å². The van der Waals surface area contributed by atoms with E-state index in [1.165, 1.54) is 0 Å². The van der Waals surface area contributed by atoms with Gasteiger partial charge in [-0.05, 0) is 31.4 Å². The Hall–Kier alpha value is -1.64. The van der Waals surface area contributed by atoms with Crippen molar-refractivity contribution in [3.05, 3.63) is 29.6 Å². The molecule has 15 heavy (non-hydrogen) atoms. The van der Waals surface area contributed by atoms with Gasteiger partial charge in [0.2, 0.25) is 0 Å². The minimum absolute atomic E-state index is 0.266. The number of pyridine rings is 1. The maximum absolute atomic E-state index is 11.9. The summed E-state index contributed by atoms with van der Waals surface area (Å²) in [7, 11) is 0. The third-order valence-electron chi connectivity index (χ3n) is 3.01. The van der Waals surface area contributed by atoms with Crippen LogP contribution in [0, 0.1) is 0 Å². The van der Waals surface area contributed by atoms with Gasteiger partial charge in [0.25, 0.3) is 0 Å². The van der Waals surface area contributed by atoms with Gasteiger partial charge in [-0.2, -0.15) is 0 Å². The summed E-state index contributed by atoms with van der Waals surface area (Å²) < 4.78 is 0. The van der Waals surface area contributed by atoms with Crippen molar-refractivity contribution in [3.8, 4) is 0 Å². The van der Waals surface area contributed by atoms with E-state index in [1.54, 1.807) is 6.20 Å². The molecule has 0 saturated carbocycles. The highest BCUT2D eigenvalue weighted by molar-refractivity contribution is 6.08. The molecule has 0 spiro atoms. The summed E-state index contributed by atoms with van der Waals surface area (Å²) in [4.78, 5) is 19.4. The topological polar surface area (TPSA) is 45.8 Å². The predicted octanol–water partition coefficient (Wildman–Crippen LogP) is 2.47. The van der Waals surface area contributed by atoms with E-state index >= 15 is 0 Å². The van der Waals surface area contributed by atoms with Crippen molar-refractivity contribution >= 4 is 16.8 Å². The lowest BCUT2D eigenvalue weighted by atomic mass is 10.1. The maximum atomic E-state index is 11.9. The third kappa shape index (κ3) is 1.27. The first-order valence-corrected chi connectivity index (χ1v) is 5.35.